The Labute approximate surface area is 197 Å². The number of likely N-dealkylation sites (tertiary alicyclic amines) is 1. The number of pyridine rings is 3. The highest BCUT2D eigenvalue weighted by Gasteiger charge is 2.22. The first kappa shape index (κ1) is 21.9. The molecular weight excluding hydrogens is 430 g/mol. The Morgan fingerprint density at radius 2 is 1.91 bits per heavy atom. The van der Waals surface area contributed by atoms with Gasteiger partial charge in [-0.25, -0.2) is 15.0 Å². The van der Waals surface area contributed by atoms with Crippen LogP contribution in [-0.4, -0.2) is 74.0 Å². The molecule has 0 aromatic carbocycles. The van der Waals surface area contributed by atoms with Crippen molar-refractivity contribution in [2.24, 2.45) is 7.05 Å². The lowest BCUT2D eigenvalue weighted by molar-refractivity contribution is 0.102. The van der Waals surface area contributed by atoms with Gasteiger partial charge in [-0.1, -0.05) is 5.21 Å². The fourth-order valence-electron chi connectivity index (χ4n) is 4.20. The zero-order valence-corrected chi connectivity index (χ0v) is 19.5. The highest BCUT2D eigenvalue weighted by Crippen LogP contribution is 2.23. The van der Waals surface area contributed by atoms with E-state index in [0.29, 0.717) is 34.3 Å². The molecule has 1 aliphatic rings. The highest BCUT2D eigenvalue weighted by molar-refractivity contribution is 6.04. The second-order valence-electron chi connectivity index (χ2n) is 8.74. The van der Waals surface area contributed by atoms with E-state index in [9.17, 15) is 4.79 Å². The first-order chi connectivity index (χ1) is 16.5. The molecule has 174 valence electrons. The average Bonchev–Trinajstić information content (AvgIpc) is 3.30. The van der Waals surface area contributed by atoms with E-state index in [1.54, 1.807) is 29.2 Å². The minimum absolute atomic E-state index is 0.239. The Hall–Kier alpha value is -3.92. The Morgan fingerprint density at radius 3 is 2.68 bits per heavy atom. The summed E-state index contributed by atoms with van der Waals surface area (Å²) in [4.78, 5) is 31.1. The molecule has 1 saturated heterocycles. The molecule has 5 heterocycles. The summed E-state index contributed by atoms with van der Waals surface area (Å²) in [6.45, 7) is 2.13. The number of piperidine rings is 1. The molecule has 0 atom stereocenters. The Kier molecular flexibility index (Phi) is 5.89. The van der Waals surface area contributed by atoms with Crippen molar-refractivity contribution < 1.29 is 4.79 Å². The highest BCUT2D eigenvalue weighted by atomic mass is 16.1. The van der Waals surface area contributed by atoms with Crippen molar-refractivity contribution in [3.05, 3.63) is 54.5 Å². The molecular formula is C24H27N9O. The molecule has 4 aromatic rings. The summed E-state index contributed by atoms with van der Waals surface area (Å²) in [6.07, 6.45) is 7.34. The number of hydrogen-bond acceptors (Lipinski definition) is 8. The minimum Gasteiger partial charge on any atom is -0.357 e. The Balaban J connectivity index is 1.33. The van der Waals surface area contributed by atoms with E-state index in [2.05, 4.69) is 47.4 Å². The van der Waals surface area contributed by atoms with E-state index in [4.69, 9.17) is 0 Å². The predicted molar refractivity (Wildman–Crippen MR) is 131 cm³/mol. The van der Waals surface area contributed by atoms with Gasteiger partial charge in [0.05, 0.1) is 17.4 Å². The molecule has 34 heavy (non-hydrogen) atoms. The molecule has 1 amide bonds. The number of carbonyl (C=O) groups is 1. The fraction of sp³-hybridized carbons (Fsp3) is 0.333. The molecule has 1 N–H and O–H groups in total. The smallest absolute Gasteiger partial charge is 0.257 e. The van der Waals surface area contributed by atoms with Gasteiger partial charge in [0.1, 0.15) is 17.3 Å². The number of fused-ring (bicyclic) bond motifs is 1. The number of aromatic nitrogens is 6. The van der Waals surface area contributed by atoms with Gasteiger partial charge in [0, 0.05) is 49.5 Å². The molecule has 0 spiro atoms. The van der Waals surface area contributed by atoms with Crippen LogP contribution >= 0.6 is 0 Å². The minimum atomic E-state index is -0.239. The lowest BCUT2D eigenvalue weighted by Crippen LogP contribution is -2.42. The van der Waals surface area contributed by atoms with Gasteiger partial charge < -0.3 is 15.1 Å². The van der Waals surface area contributed by atoms with Crippen LogP contribution in [0, 0.1) is 0 Å². The molecule has 1 aliphatic heterocycles. The van der Waals surface area contributed by atoms with Crippen molar-refractivity contribution in [2.45, 2.75) is 18.9 Å². The van der Waals surface area contributed by atoms with Crippen molar-refractivity contribution in [1.82, 2.24) is 34.8 Å². The van der Waals surface area contributed by atoms with E-state index >= 15 is 0 Å². The molecule has 0 saturated carbocycles. The van der Waals surface area contributed by atoms with Crippen LogP contribution in [0.5, 0.6) is 0 Å². The van der Waals surface area contributed by atoms with Gasteiger partial charge >= 0.3 is 0 Å². The lowest BCUT2D eigenvalue weighted by Gasteiger charge is -2.35. The van der Waals surface area contributed by atoms with Gasteiger partial charge in [0.15, 0.2) is 0 Å². The van der Waals surface area contributed by atoms with Crippen molar-refractivity contribution >= 4 is 28.4 Å². The van der Waals surface area contributed by atoms with Crippen LogP contribution in [0.1, 0.15) is 23.2 Å². The number of nitrogens with one attached hydrogen (secondary N) is 1. The van der Waals surface area contributed by atoms with Crippen molar-refractivity contribution in [3.8, 4) is 11.4 Å². The Morgan fingerprint density at radius 1 is 1.09 bits per heavy atom. The van der Waals surface area contributed by atoms with Gasteiger partial charge in [-0.05, 0) is 57.2 Å². The maximum absolute atomic E-state index is 13.0. The molecule has 10 nitrogen and oxygen atoms in total. The quantitative estimate of drug-likeness (QED) is 0.488. The second-order valence-corrected chi connectivity index (χ2v) is 8.74. The van der Waals surface area contributed by atoms with Crippen LogP contribution in [0.4, 0.5) is 11.6 Å². The van der Waals surface area contributed by atoms with Crippen LogP contribution in [0.25, 0.3) is 22.3 Å². The molecule has 0 radical (unpaired) electrons. The average molecular weight is 458 g/mol. The monoisotopic (exact) mass is 457 g/mol. The third kappa shape index (κ3) is 4.58. The summed E-state index contributed by atoms with van der Waals surface area (Å²) in [5, 5.41) is 11.8. The summed E-state index contributed by atoms with van der Waals surface area (Å²) < 4.78 is 1.63. The summed E-state index contributed by atoms with van der Waals surface area (Å²) in [6, 6.07) is 9.54. The standard InChI is InChI=1S/C24H27N9O/c1-31-10-7-18(8-11-31)33(3)23-12-16(6-9-25-23)24(34)28-22-13-20-17(14-26-22)4-5-19(27-20)21-15-32(2)30-29-21/h4-6,9,12-15,18H,7-8,10-11H2,1-3H3,(H,26,28,34). The predicted octanol–water partition coefficient (Wildman–Crippen LogP) is 2.60. The molecule has 0 aliphatic carbocycles. The maximum Gasteiger partial charge on any atom is 0.257 e. The van der Waals surface area contributed by atoms with E-state index in [1.165, 1.54) is 0 Å². The van der Waals surface area contributed by atoms with Crippen molar-refractivity contribution in [1.29, 1.82) is 0 Å². The molecule has 0 bridgehead atoms. The summed E-state index contributed by atoms with van der Waals surface area (Å²) >= 11 is 0. The fourth-order valence-corrected chi connectivity index (χ4v) is 4.20. The van der Waals surface area contributed by atoms with Crippen molar-refractivity contribution in [2.75, 3.05) is 37.4 Å². The van der Waals surface area contributed by atoms with Crippen molar-refractivity contribution in [3.63, 3.8) is 0 Å². The van der Waals surface area contributed by atoms with Crippen LogP contribution in [0.2, 0.25) is 0 Å². The first-order valence-electron chi connectivity index (χ1n) is 11.3. The largest absolute Gasteiger partial charge is 0.357 e. The number of anilines is 2. The first-order valence-corrected chi connectivity index (χ1v) is 11.3. The Bertz CT molecular complexity index is 1330. The summed E-state index contributed by atoms with van der Waals surface area (Å²) in [5.74, 6) is 0.990. The topological polar surface area (TPSA) is 105 Å². The van der Waals surface area contributed by atoms with E-state index in [1.807, 2.05) is 38.5 Å². The lowest BCUT2D eigenvalue weighted by atomic mass is 10.0. The molecule has 10 heteroatoms. The normalized spacial score (nSPS) is 14.9. The van der Waals surface area contributed by atoms with Crippen LogP contribution < -0.4 is 10.2 Å². The summed E-state index contributed by atoms with van der Waals surface area (Å²) in [5.41, 5.74) is 2.64. The number of aryl methyl sites for hydroxylation is 1. The number of amides is 1. The van der Waals surface area contributed by atoms with Gasteiger partial charge in [0.25, 0.3) is 5.91 Å². The molecule has 5 rings (SSSR count). The van der Waals surface area contributed by atoms with Crippen LogP contribution in [0.3, 0.4) is 0 Å². The third-order valence-electron chi connectivity index (χ3n) is 6.29. The zero-order valence-electron chi connectivity index (χ0n) is 19.5. The number of hydrogen-bond donors (Lipinski definition) is 1. The van der Waals surface area contributed by atoms with E-state index < -0.39 is 0 Å². The van der Waals surface area contributed by atoms with E-state index in [-0.39, 0.29) is 5.91 Å². The number of carbonyl (C=O) groups excluding carboxylic acids is 1. The van der Waals surface area contributed by atoms with Gasteiger partial charge in [-0.3, -0.25) is 9.48 Å². The van der Waals surface area contributed by atoms with Gasteiger partial charge in [-0.15, -0.1) is 5.10 Å². The zero-order chi connectivity index (χ0) is 23.7. The third-order valence-corrected chi connectivity index (χ3v) is 6.29. The summed E-state index contributed by atoms with van der Waals surface area (Å²) in [7, 11) is 6.00. The van der Waals surface area contributed by atoms with Gasteiger partial charge in [-0.2, -0.15) is 0 Å². The van der Waals surface area contributed by atoms with Gasteiger partial charge in [0.2, 0.25) is 0 Å². The molecule has 1 fully saturated rings. The van der Waals surface area contributed by atoms with E-state index in [0.717, 1.165) is 37.1 Å². The SMILES string of the molecule is CN1CCC(N(C)c2cc(C(=O)Nc3cc4nc(-c5cn(C)nn5)ccc4cn3)ccn2)CC1. The van der Waals surface area contributed by atoms with Crippen LogP contribution in [-0.2, 0) is 7.05 Å². The maximum atomic E-state index is 13.0. The number of nitrogens with zero attached hydrogens (tertiary/aromatic N) is 8. The second kappa shape index (κ2) is 9.14. The molecule has 4 aromatic heterocycles. The van der Waals surface area contributed by atoms with Crippen LogP contribution in [0.15, 0.2) is 48.9 Å². The number of rotatable bonds is 5. The molecule has 0 unspecified atom stereocenters.